The number of benzene rings is 1. The zero-order valence-corrected chi connectivity index (χ0v) is 12.7. The normalized spacial score (nSPS) is 15.1. The largest absolute Gasteiger partial charge is 0.463 e. The van der Waals surface area contributed by atoms with Crippen LogP contribution in [0.25, 0.3) is 10.1 Å². The summed E-state index contributed by atoms with van der Waals surface area (Å²) < 4.78 is 6.83. The van der Waals surface area contributed by atoms with Crippen molar-refractivity contribution in [2.45, 2.75) is 6.10 Å². The number of likely N-dealkylation sites (tertiary alicyclic amines) is 1. The number of rotatable bonds is 3. The highest BCUT2D eigenvalue weighted by atomic mass is 32.1. The van der Waals surface area contributed by atoms with Gasteiger partial charge in [0.2, 0.25) is 0 Å². The monoisotopic (exact) mass is 316 g/mol. The van der Waals surface area contributed by atoms with Gasteiger partial charge in [0.15, 0.2) is 0 Å². The fraction of sp³-hybridized carbons (Fsp3) is 0.200. The third kappa shape index (κ3) is 2.41. The Bertz CT molecular complexity index is 743. The molecule has 3 aromatic rings. The second kappa shape index (κ2) is 5.13. The molecule has 2 aromatic heterocycles. The van der Waals surface area contributed by atoms with Crippen LogP contribution < -0.4 is 4.74 Å². The molecule has 4 nitrogen and oxygen atoms in total. The number of carbonyl (C=O) groups is 1. The summed E-state index contributed by atoms with van der Waals surface area (Å²) in [6, 6.07) is 10.0. The lowest BCUT2D eigenvalue weighted by molar-refractivity contribution is 0.0181. The molecule has 0 unspecified atom stereocenters. The van der Waals surface area contributed by atoms with E-state index in [4.69, 9.17) is 4.74 Å². The van der Waals surface area contributed by atoms with E-state index >= 15 is 0 Å². The fourth-order valence-corrected chi connectivity index (χ4v) is 3.91. The predicted octanol–water partition coefficient (Wildman–Crippen LogP) is 3.26. The molecule has 0 atom stereocenters. The first-order valence-corrected chi connectivity index (χ1v) is 8.33. The van der Waals surface area contributed by atoms with Crippen LogP contribution in [0.3, 0.4) is 0 Å². The molecule has 21 heavy (non-hydrogen) atoms. The van der Waals surface area contributed by atoms with E-state index in [1.54, 1.807) is 17.5 Å². The number of thiophene rings is 1. The van der Waals surface area contributed by atoms with Crippen molar-refractivity contribution in [3.05, 3.63) is 46.8 Å². The van der Waals surface area contributed by atoms with E-state index in [0.29, 0.717) is 18.3 Å². The first kappa shape index (κ1) is 12.8. The summed E-state index contributed by atoms with van der Waals surface area (Å²) in [6.07, 6.45) is 1.79. The first-order chi connectivity index (χ1) is 10.3. The van der Waals surface area contributed by atoms with E-state index in [0.717, 1.165) is 15.0 Å². The van der Waals surface area contributed by atoms with Gasteiger partial charge in [0.1, 0.15) is 6.10 Å². The topological polar surface area (TPSA) is 42.4 Å². The van der Waals surface area contributed by atoms with E-state index in [2.05, 4.69) is 4.98 Å². The van der Waals surface area contributed by atoms with Crippen molar-refractivity contribution in [1.29, 1.82) is 0 Å². The Kier molecular flexibility index (Phi) is 3.12. The van der Waals surface area contributed by atoms with Gasteiger partial charge in [-0.3, -0.25) is 4.79 Å². The Balaban J connectivity index is 1.42. The van der Waals surface area contributed by atoms with E-state index in [-0.39, 0.29) is 12.0 Å². The number of fused-ring (bicyclic) bond motifs is 1. The average molecular weight is 316 g/mol. The highest BCUT2D eigenvalue weighted by Crippen LogP contribution is 2.28. The molecule has 0 aliphatic carbocycles. The van der Waals surface area contributed by atoms with Crippen molar-refractivity contribution >= 4 is 38.7 Å². The van der Waals surface area contributed by atoms with Crippen molar-refractivity contribution in [3.63, 3.8) is 0 Å². The Hall–Kier alpha value is -1.92. The third-order valence-corrected chi connectivity index (χ3v) is 5.21. The summed E-state index contributed by atoms with van der Waals surface area (Å²) in [5.41, 5.74) is 0. The second-order valence-corrected chi connectivity index (χ2v) is 6.84. The molecule has 3 heterocycles. The minimum Gasteiger partial charge on any atom is -0.463 e. The molecule has 0 bridgehead atoms. The number of thiazole rings is 1. The van der Waals surface area contributed by atoms with E-state index in [1.807, 2.05) is 40.6 Å². The zero-order valence-electron chi connectivity index (χ0n) is 11.1. The molecule has 0 radical (unpaired) electrons. The van der Waals surface area contributed by atoms with Gasteiger partial charge in [-0.1, -0.05) is 29.5 Å². The molecule has 0 spiro atoms. The molecule has 1 amide bonds. The molecule has 6 heteroatoms. The molecule has 1 saturated heterocycles. The number of nitrogens with zero attached hydrogens (tertiary/aromatic N) is 2. The van der Waals surface area contributed by atoms with Gasteiger partial charge in [-0.15, -0.1) is 11.3 Å². The first-order valence-electron chi connectivity index (χ1n) is 6.63. The third-order valence-electron chi connectivity index (χ3n) is 3.45. The molecular formula is C15H12N2O2S2. The van der Waals surface area contributed by atoms with Gasteiger partial charge in [-0.25, -0.2) is 4.98 Å². The molecular weight excluding hydrogens is 304 g/mol. The van der Waals surface area contributed by atoms with Crippen LogP contribution in [0.15, 0.2) is 41.9 Å². The number of hydrogen-bond donors (Lipinski definition) is 0. The van der Waals surface area contributed by atoms with Gasteiger partial charge in [0.05, 0.1) is 18.0 Å². The van der Waals surface area contributed by atoms with Gasteiger partial charge in [-0.05, 0) is 17.5 Å². The Morgan fingerprint density at radius 1 is 1.33 bits per heavy atom. The molecule has 4 rings (SSSR count). The predicted molar refractivity (Wildman–Crippen MR) is 84.3 cm³/mol. The number of aromatic nitrogens is 1. The summed E-state index contributed by atoms with van der Waals surface area (Å²) in [5, 5.41) is 3.68. The zero-order chi connectivity index (χ0) is 14.2. The van der Waals surface area contributed by atoms with Crippen LogP contribution >= 0.6 is 22.7 Å². The lowest BCUT2D eigenvalue weighted by atomic mass is 10.1. The number of hydrogen-bond acceptors (Lipinski definition) is 5. The maximum absolute atomic E-state index is 12.4. The summed E-state index contributed by atoms with van der Waals surface area (Å²) in [6.45, 7) is 1.26. The van der Waals surface area contributed by atoms with Crippen LogP contribution in [-0.4, -0.2) is 35.0 Å². The van der Waals surface area contributed by atoms with Crippen LogP contribution in [0, 0.1) is 0 Å². The van der Waals surface area contributed by atoms with Gasteiger partial charge >= 0.3 is 0 Å². The van der Waals surface area contributed by atoms with Crippen LogP contribution in [-0.2, 0) is 0 Å². The molecule has 1 aliphatic rings. The minimum absolute atomic E-state index is 0.0643. The van der Waals surface area contributed by atoms with Gasteiger partial charge in [0, 0.05) is 16.3 Å². The molecule has 1 aliphatic heterocycles. The van der Waals surface area contributed by atoms with Crippen molar-refractivity contribution in [2.75, 3.05) is 13.1 Å². The van der Waals surface area contributed by atoms with Gasteiger partial charge < -0.3 is 9.64 Å². The van der Waals surface area contributed by atoms with Crippen LogP contribution in [0.1, 0.15) is 9.67 Å². The number of carbonyl (C=O) groups excluding carboxylic acids is 1. The summed E-state index contributed by atoms with van der Waals surface area (Å²) in [5.74, 6) is 0.0928. The van der Waals surface area contributed by atoms with Crippen LogP contribution in [0.5, 0.6) is 5.19 Å². The lowest BCUT2D eigenvalue weighted by Gasteiger charge is -2.37. The second-order valence-electron chi connectivity index (χ2n) is 4.90. The smallest absolute Gasteiger partial charge is 0.273 e. The van der Waals surface area contributed by atoms with Gasteiger partial charge in [-0.2, -0.15) is 0 Å². The Morgan fingerprint density at radius 3 is 2.95 bits per heavy atom. The van der Waals surface area contributed by atoms with Crippen LogP contribution in [0.2, 0.25) is 0 Å². The maximum Gasteiger partial charge on any atom is 0.273 e. The van der Waals surface area contributed by atoms with E-state index in [1.165, 1.54) is 11.3 Å². The van der Waals surface area contributed by atoms with Crippen LogP contribution in [0.4, 0.5) is 0 Å². The van der Waals surface area contributed by atoms with Crippen molar-refractivity contribution in [2.24, 2.45) is 0 Å². The molecule has 0 N–H and O–H groups in total. The standard InChI is InChI=1S/C15H12N2O2S2/c18-14(13-7-10-3-1-2-4-12(10)21-13)17-8-11(9-17)19-15-16-5-6-20-15/h1-7,11H,8-9H2. The maximum atomic E-state index is 12.4. The van der Waals surface area contributed by atoms with E-state index < -0.39 is 0 Å². The fourth-order valence-electron chi connectivity index (χ4n) is 2.33. The summed E-state index contributed by atoms with van der Waals surface area (Å²) >= 11 is 3.02. The molecule has 1 fully saturated rings. The van der Waals surface area contributed by atoms with Crippen molar-refractivity contribution in [3.8, 4) is 5.19 Å². The lowest BCUT2D eigenvalue weighted by Crippen LogP contribution is -2.56. The Morgan fingerprint density at radius 2 is 2.19 bits per heavy atom. The highest BCUT2D eigenvalue weighted by molar-refractivity contribution is 7.20. The SMILES string of the molecule is O=C(c1cc2ccccc2s1)N1CC(Oc2nccs2)C1. The van der Waals surface area contributed by atoms with Crippen molar-refractivity contribution in [1.82, 2.24) is 9.88 Å². The van der Waals surface area contributed by atoms with Crippen molar-refractivity contribution < 1.29 is 9.53 Å². The number of ether oxygens (including phenoxy) is 1. The minimum atomic E-state index is 0.0643. The quantitative estimate of drug-likeness (QED) is 0.745. The summed E-state index contributed by atoms with van der Waals surface area (Å²) in [4.78, 5) is 19.1. The number of amides is 1. The Labute approximate surface area is 129 Å². The average Bonchev–Trinajstić information content (AvgIpc) is 3.10. The highest BCUT2D eigenvalue weighted by Gasteiger charge is 2.33. The van der Waals surface area contributed by atoms with Gasteiger partial charge in [0.25, 0.3) is 11.1 Å². The molecule has 1 aromatic carbocycles. The van der Waals surface area contributed by atoms with E-state index in [9.17, 15) is 4.79 Å². The molecule has 0 saturated carbocycles. The molecule has 106 valence electrons. The summed E-state index contributed by atoms with van der Waals surface area (Å²) in [7, 11) is 0.